The van der Waals surface area contributed by atoms with Crippen LogP contribution in [-0.4, -0.2) is 16.9 Å². The molecule has 0 radical (unpaired) electrons. The van der Waals surface area contributed by atoms with E-state index in [0.717, 1.165) is 26.6 Å². The van der Waals surface area contributed by atoms with Crippen molar-refractivity contribution < 1.29 is 14.7 Å². The first-order valence-electron chi connectivity index (χ1n) is 5.03. The first-order chi connectivity index (χ1) is 8.09. The number of carboxylic acids is 1. The molecule has 0 fully saturated rings. The number of thiophene rings is 1. The highest BCUT2D eigenvalue weighted by molar-refractivity contribution is 7.20. The molecule has 0 spiro atoms. The van der Waals surface area contributed by atoms with Crippen LogP contribution in [0.5, 0.6) is 0 Å². The van der Waals surface area contributed by atoms with Crippen molar-refractivity contribution in [2.45, 2.75) is 6.92 Å². The molecule has 86 valence electrons. The Morgan fingerprint density at radius 1 is 1.29 bits per heavy atom. The van der Waals surface area contributed by atoms with E-state index in [9.17, 15) is 9.59 Å². The number of hydrogen-bond acceptors (Lipinski definition) is 3. The third-order valence-electron chi connectivity index (χ3n) is 2.48. The zero-order valence-corrected chi connectivity index (χ0v) is 9.95. The topological polar surface area (TPSA) is 54.4 Å². The van der Waals surface area contributed by atoms with E-state index in [1.165, 1.54) is 0 Å². The van der Waals surface area contributed by atoms with Gasteiger partial charge in [-0.15, -0.1) is 11.3 Å². The zero-order valence-electron chi connectivity index (χ0n) is 9.14. The second-order valence-corrected chi connectivity index (χ2v) is 4.67. The van der Waals surface area contributed by atoms with Crippen molar-refractivity contribution in [2.24, 2.45) is 0 Å². The van der Waals surface area contributed by atoms with Gasteiger partial charge in [-0.3, -0.25) is 4.79 Å². The molecule has 0 aliphatic carbocycles. The van der Waals surface area contributed by atoms with Crippen molar-refractivity contribution in [3.63, 3.8) is 0 Å². The number of rotatable bonds is 3. The normalized spacial score (nSPS) is 11.1. The van der Waals surface area contributed by atoms with E-state index >= 15 is 0 Å². The Kier molecular flexibility index (Phi) is 3.06. The van der Waals surface area contributed by atoms with Crippen molar-refractivity contribution in [3.05, 3.63) is 40.8 Å². The molecule has 0 saturated carbocycles. The maximum absolute atomic E-state index is 11.0. The van der Waals surface area contributed by atoms with E-state index in [0.29, 0.717) is 0 Å². The van der Waals surface area contributed by atoms with Crippen LogP contribution in [0, 0.1) is 6.92 Å². The van der Waals surface area contributed by atoms with Gasteiger partial charge in [-0.1, -0.05) is 18.2 Å². The molecule has 0 bridgehead atoms. The van der Waals surface area contributed by atoms with Gasteiger partial charge in [-0.25, -0.2) is 4.79 Å². The predicted molar refractivity (Wildman–Crippen MR) is 68.2 cm³/mol. The largest absolute Gasteiger partial charge is 0.475 e. The lowest BCUT2D eigenvalue weighted by molar-refractivity contribution is -0.146. The van der Waals surface area contributed by atoms with Gasteiger partial charge in [0.1, 0.15) is 0 Å². The SMILES string of the molecule is Cc1c(C=CC(=O)C(=O)O)sc2ccccc12. The van der Waals surface area contributed by atoms with E-state index in [2.05, 4.69) is 0 Å². The summed E-state index contributed by atoms with van der Waals surface area (Å²) >= 11 is 1.55. The fraction of sp³-hybridized carbons (Fsp3) is 0.0769. The van der Waals surface area contributed by atoms with Crippen molar-refractivity contribution >= 4 is 39.3 Å². The zero-order chi connectivity index (χ0) is 12.4. The van der Waals surface area contributed by atoms with Gasteiger partial charge in [-0.05, 0) is 36.1 Å². The van der Waals surface area contributed by atoms with E-state index in [-0.39, 0.29) is 0 Å². The number of benzene rings is 1. The molecule has 0 aliphatic rings. The lowest BCUT2D eigenvalue weighted by Gasteiger charge is -1.90. The predicted octanol–water partition coefficient (Wildman–Crippen LogP) is 2.88. The number of fused-ring (bicyclic) bond motifs is 1. The van der Waals surface area contributed by atoms with Crippen LogP contribution < -0.4 is 0 Å². The Morgan fingerprint density at radius 2 is 2.00 bits per heavy atom. The van der Waals surface area contributed by atoms with Crippen LogP contribution >= 0.6 is 11.3 Å². The van der Waals surface area contributed by atoms with E-state index < -0.39 is 11.8 Å². The van der Waals surface area contributed by atoms with Gasteiger partial charge >= 0.3 is 5.97 Å². The molecule has 2 rings (SSSR count). The van der Waals surface area contributed by atoms with Crippen LogP contribution in [-0.2, 0) is 9.59 Å². The van der Waals surface area contributed by atoms with Crippen LogP contribution in [0.3, 0.4) is 0 Å². The minimum Gasteiger partial charge on any atom is -0.475 e. The van der Waals surface area contributed by atoms with Crippen molar-refractivity contribution in [2.75, 3.05) is 0 Å². The smallest absolute Gasteiger partial charge is 0.376 e. The van der Waals surface area contributed by atoms with E-state index in [1.54, 1.807) is 17.4 Å². The summed E-state index contributed by atoms with van der Waals surface area (Å²) in [6, 6.07) is 7.92. The van der Waals surface area contributed by atoms with Gasteiger partial charge in [-0.2, -0.15) is 0 Å². The molecule has 0 aliphatic heterocycles. The molecule has 0 unspecified atom stereocenters. The van der Waals surface area contributed by atoms with E-state index in [4.69, 9.17) is 5.11 Å². The Hall–Kier alpha value is -1.94. The minimum atomic E-state index is -1.43. The summed E-state index contributed by atoms with van der Waals surface area (Å²) in [5.74, 6) is -2.33. The Balaban J connectivity index is 2.40. The van der Waals surface area contributed by atoms with Gasteiger partial charge < -0.3 is 5.11 Å². The quantitative estimate of drug-likeness (QED) is 0.669. The van der Waals surface area contributed by atoms with E-state index in [1.807, 2.05) is 31.2 Å². The lowest BCUT2D eigenvalue weighted by atomic mass is 10.1. The number of carboxylic acid groups (broad SMARTS) is 1. The van der Waals surface area contributed by atoms with Crippen LogP contribution in [0.15, 0.2) is 30.3 Å². The molecule has 1 N–H and O–H groups in total. The standard InChI is InChI=1S/C13H10O3S/c1-8-9-4-2-3-5-12(9)17-11(8)7-6-10(14)13(15)16/h2-7H,1H3,(H,15,16). The molecule has 0 atom stereocenters. The highest BCUT2D eigenvalue weighted by Crippen LogP contribution is 2.31. The van der Waals surface area contributed by atoms with Crippen molar-refractivity contribution in [1.29, 1.82) is 0 Å². The summed E-state index contributed by atoms with van der Waals surface area (Å²) in [7, 11) is 0. The summed E-state index contributed by atoms with van der Waals surface area (Å²) in [6.45, 7) is 1.96. The maximum atomic E-state index is 11.0. The Morgan fingerprint density at radius 3 is 2.65 bits per heavy atom. The summed E-state index contributed by atoms with van der Waals surface area (Å²) in [5, 5.41) is 9.61. The van der Waals surface area contributed by atoms with Gasteiger partial charge in [0.2, 0.25) is 0 Å². The molecule has 0 saturated heterocycles. The van der Waals surface area contributed by atoms with Gasteiger partial charge in [0, 0.05) is 9.58 Å². The number of ketones is 1. The van der Waals surface area contributed by atoms with Crippen LogP contribution in [0.1, 0.15) is 10.4 Å². The third-order valence-corrected chi connectivity index (χ3v) is 3.72. The second-order valence-electron chi connectivity index (χ2n) is 3.59. The number of aliphatic carboxylic acids is 1. The summed E-state index contributed by atoms with van der Waals surface area (Å²) in [6.07, 6.45) is 2.66. The van der Waals surface area contributed by atoms with Crippen LogP contribution in [0.2, 0.25) is 0 Å². The third kappa shape index (κ3) is 2.26. The van der Waals surface area contributed by atoms with Crippen LogP contribution in [0.4, 0.5) is 0 Å². The highest BCUT2D eigenvalue weighted by Gasteiger charge is 2.08. The van der Waals surface area contributed by atoms with Gasteiger partial charge in [0.15, 0.2) is 0 Å². The average molecular weight is 246 g/mol. The number of hydrogen-bond donors (Lipinski definition) is 1. The minimum absolute atomic E-state index is 0.901. The second kappa shape index (κ2) is 4.51. The molecular formula is C13H10O3S. The molecule has 17 heavy (non-hydrogen) atoms. The van der Waals surface area contributed by atoms with Gasteiger partial charge in [0.05, 0.1) is 0 Å². The molecule has 1 heterocycles. The molecule has 3 nitrogen and oxygen atoms in total. The Bertz CT molecular complexity index is 623. The number of aryl methyl sites for hydroxylation is 1. The van der Waals surface area contributed by atoms with Crippen molar-refractivity contribution in [1.82, 2.24) is 0 Å². The lowest BCUT2D eigenvalue weighted by Crippen LogP contribution is -2.08. The molecule has 2 aromatic rings. The number of carbonyl (C=O) groups is 2. The average Bonchev–Trinajstić information content (AvgIpc) is 2.64. The molecule has 1 aromatic heterocycles. The number of carbonyl (C=O) groups excluding carboxylic acids is 1. The van der Waals surface area contributed by atoms with Crippen molar-refractivity contribution in [3.8, 4) is 0 Å². The first-order valence-corrected chi connectivity index (χ1v) is 5.84. The monoisotopic (exact) mass is 246 g/mol. The highest BCUT2D eigenvalue weighted by atomic mass is 32.1. The maximum Gasteiger partial charge on any atom is 0.376 e. The summed E-state index contributed by atoms with van der Waals surface area (Å²) in [4.78, 5) is 22.3. The first kappa shape index (κ1) is 11.5. The molecular weight excluding hydrogens is 236 g/mol. The van der Waals surface area contributed by atoms with Crippen LogP contribution in [0.25, 0.3) is 16.2 Å². The molecule has 4 heteroatoms. The molecule has 1 aromatic carbocycles. The fourth-order valence-electron chi connectivity index (χ4n) is 1.57. The molecule has 0 amide bonds. The van der Waals surface area contributed by atoms with Gasteiger partial charge in [0.25, 0.3) is 5.78 Å². The Labute approximate surface area is 102 Å². The summed E-state index contributed by atoms with van der Waals surface area (Å²) in [5.41, 5.74) is 1.07. The summed E-state index contributed by atoms with van der Waals surface area (Å²) < 4.78 is 1.13. The fourth-order valence-corrected chi connectivity index (χ4v) is 2.69.